The van der Waals surface area contributed by atoms with E-state index in [-0.39, 0.29) is 12.7 Å². The number of methoxy groups -OCH3 is 1. The Balaban J connectivity index is 4.48. The summed E-state index contributed by atoms with van der Waals surface area (Å²) in [6, 6.07) is 0. The van der Waals surface area contributed by atoms with E-state index in [1.54, 1.807) is 0 Å². The van der Waals surface area contributed by atoms with Crippen molar-refractivity contribution in [1.29, 1.82) is 0 Å². The minimum Gasteiger partial charge on any atom is -0.492 e. The van der Waals surface area contributed by atoms with E-state index in [1.807, 2.05) is 0 Å². The van der Waals surface area contributed by atoms with Gasteiger partial charge in [-0.05, 0) is 6.92 Å². The molecule has 0 heterocycles. The Morgan fingerprint density at radius 3 is 2.31 bits per heavy atom. The van der Waals surface area contributed by atoms with Crippen molar-refractivity contribution in [3.63, 3.8) is 0 Å². The molecule has 0 aliphatic carbocycles. The molecule has 0 aromatic rings. The van der Waals surface area contributed by atoms with Crippen LogP contribution in [0.2, 0.25) is 0 Å². The third-order valence-electron chi connectivity index (χ3n) is 1.03. The second kappa shape index (κ2) is 4.74. The van der Waals surface area contributed by atoms with Crippen molar-refractivity contribution in [3.8, 4) is 0 Å². The molecule has 0 fully saturated rings. The van der Waals surface area contributed by atoms with Crippen LogP contribution >= 0.6 is 0 Å². The Kier molecular flexibility index (Phi) is 4.30. The van der Waals surface area contributed by atoms with Crippen molar-refractivity contribution in [3.05, 3.63) is 11.8 Å². The molecule has 0 saturated heterocycles. The Morgan fingerprint density at radius 2 is 2.00 bits per heavy atom. The van der Waals surface area contributed by atoms with Crippen molar-refractivity contribution in [1.82, 2.24) is 0 Å². The van der Waals surface area contributed by atoms with Gasteiger partial charge < -0.3 is 9.47 Å². The Labute approximate surface area is 73.1 Å². The van der Waals surface area contributed by atoms with E-state index in [2.05, 4.69) is 9.47 Å². The van der Waals surface area contributed by atoms with Crippen LogP contribution in [0.15, 0.2) is 11.8 Å². The molecule has 0 aliphatic rings. The van der Waals surface area contributed by atoms with Crippen LogP contribution in [0.1, 0.15) is 6.92 Å². The molecule has 13 heavy (non-hydrogen) atoms. The lowest BCUT2D eigenvalue weighted by Gasteiger charge is -2.08. The van der Waals surface area contributed by atoms with E-state index >= 15 is 0 Å². The smallest absolute Gasteiger partial charge is 0.449 e. The van der Waals surface area contributed by atoms with E-state index in [0.717, 1.165) is 7.11 Å². The Morgan fingerprint density at radius 1 is 1.46 bits per heavy atom. The Hall–Kier alpha value is -1.20. The van der Waals surface area contributed by atoms with E-state index in [0.29, 0.717) is 0 Å². The molecule has 0 radical (unpaired) electrons. The Bertz CT molecular complexity index is 208. The highest BCUT2D eigenvalue weighted by molar-refractivity contribution is 5.82. The van der Waals surface area contributed by atoms with Gasteiger partial charge in [0.2, 0.25) is 5.76 Å². The van der Waals surface area contributed by atoms with E-state index in [1.165, 1.54) is 6.92 Å². The van der Waals surface area contributed by atoms with Crippen LogP contribution in [-0.2, 0) is 14.3 Å². The lowest BCUT2D eigenvalue weighted by atomic mass is 10.4. The summed E-state index contributed by atoms with van der Waals surface area (Å²) in [6.45, 7) is 1.51. The number of carbonyl (C=O) groups is 1. The van der Waals surface area contributed by atoms with Gasteiger partial charge in [-0.3, -0.25) is 0 Å². The number of hydrogen-bond acceptors (Lipinski definition) is 3. The molecule has 0 unspecified atom stereocenters. The fourth-order valence-electron chi connectivity index (χ4n) is 0.547. The van der Waals surface area contributed by atoms with E-state index in [4.69, 9.17) is 0 Å². The summed E-state index contributed by atoms with van der Waals surface area (Å²) in [5.74, 6) is -2.44. The third-order valence-corrected chi connectivity index (χ3v) is 1.03. The van der Waals surface area contributed by atoms with E-state index < -0.39 is 17.9 Å². The fourth-order valence-corrected chi connectivity index (χ4v) is 0.547. The molecule has 6 heteroatoms. The number of alkyl halides is 3. The SMILES string of the molecule is CCOC(=O)/C=C(\OC)C(F)(F)F. The monoisotopic (exact) mass is 198 g/mol. The number of hydrogen-bond donors (Lipinski definition) is 0. The maximum absolute atomic E-state index is 11.9. The molecule has 0 saturated carbocycles. The molecule has 0 atom stereocenters. The zero-order chi connectivity index (χ0) is 10.5. The molecule has 76 valence electrons. The summed E-state index contributed by atoms with van der Waals surface area (Å²) in [7, 11) is 0.832. The first kappa shape index (κ1) is 11.8. The number of esters is 1. The van der Waals surface area contributed by atoms with Crippen LogP contribution in [0.25, 0.3) is 0 Å². The normalized spacial score (nSPS) is 12.5. The van der Waals surface area contributed by atoms with Gasteiger partial charge >= 0.3 is 12.1 Å². The largest absolute Gasteiger partial charge is 0.492 e. The van der Waals surface area contributed by atoms with Gasteiger partial charge in [0.05, 0.1) is 19.8 Å². The predicted octanol–water partition coefficient (Wildman–Crippen LogP) is 1.64. The summed E-state index contributed by atoms with van der Waals surface area (Å²) in [4.78, 5) is 10.6. The van der Waals surface area contributed by atoms with Crippen LogP contribution < -0.4 is 0 Å². The highest BCUT2D eigenvalue weighted by Crippen LogP contribution is 2.25. The van der Waals surface area contributed by atoms with E-state index in [9.17, 15) is 18.0 Å². The van der Waals surface area contributed by atoms with Gasteiger partial charge in [0.25, 0.3) is 0 Å². The van der Waals surface area contributed by atoms with Gasteiger partial charge in [-0.25, -0.2) is 4.79 Å². The number of rotatable bonds is 3. The summed E-state index contributed by atoms with van der Waals surface area (Å²) in [5, 5.41) is 0. The first-order valence-corrected chi connectivity index (χ1v) is 3.41. The van der Waals surface area contributed by atoms with Crippen LogP contribution in [0.3, 0.4) is 0 Å². The average molecular weight is 198 g/mol. The molecule has 0 N–H and O–H groups in total. The maximum Gasteiger partial charge on any atom is 0.449 e. The second-order valence-corrected chi connectivity index (χ2v) is 1.96. The van der Waals surface area contributed by atoms with Crippen LogP contribution in [-0.4, -0.2) is 25.9 Å². The van der Waals surface area contributed by atoms with Gasteiger partial charge in [0.1, 0.15) is 0 Å². The molecule has 0 aliphatic heterocycles. The van der Waals surface area contributed by atoms with Crippen molar-refractivity contribution in [2.24, 2.45) is 0 Å². The first-order chi connectivity index (χ1) is 5.91. The fraction of sp³-hybridized carbons (Fsp3) is 0.571. The van der Waals surface area contributed by atoms with Gasteiger partial charge in [0, 0.05) is 0 Å². The second-order valence-electron chi connectivity index (χ2n) is 1.96. The highest BCUT2D eigenvalue weighted by atomic mass is 19.4. The molecular weight excluding hydrogens is 189 g/mol. The van der Waals surface area contributed by atoms with Crippen molar-refractivity contribution in [2.45, 2.75) is 13.1 Å². The van der Waals surface area contributed by atoms with Crippen molar-refractivity contribution in [2.75, 3.05) is 13.7 Å². The highest BCUT2D eigenvalue weighted by Gasteiger charge is 2.36. The lowest BCUT2D eigenvalue weighted by Crippen LogP contribution is -2.15. The van der Waals surface area contributed by atoms with Gasteiger partial charge in [0.15, 0.2) is 0 Å². The van der Waals surface area contributed by atoms with Crippen LogP contribution in [0.4, 0.5) is 13.2 Å². The van der Waals surface area contributed by atoms with Crippen LogP contribution in [0.5, 0.6) is 0 Å². The summed E-state index contributed by atoms with van der Waals surface area (Å²) < 4.78 is 44.0. The standard InChI is InChI=1S/C7H9F3O3/c1-3-13-6(11)4-5(12-2)7(8,9)10/h4H,3H2,1-2H3/b5-4-. The number of allylic oxidation sites excluding steroid dienone is 1. The van der Waals surface area contributed by atoms with Gasteiger partial charge in [-0.1, -0.05) is 0 Å². The minimum absolute atomic E-state index is 0.0180. The number of ether oxygens (including phenoxy) is 2. The van der Waals surface area contributed by atoms with Gasteiger partial charge in [-0.2, -0.15) is 13.2 Å². The zero-order valence-corrected chi connectivity index (χ0v) is 7.14. The topological polar surface area (TPSA) is 35.5 Å². The first-order valence-electron chi connectivity index (χ1n) is 3.41. The number of halogens is 3. The molecule has 0 amide bonds. The summed E-state index contributed by atoms with van der Waals surface area (Å²) >= 11 is 0. The third kappa shape index (κ3) is 4.39. The van der Waals surface area contributed by atoms with Crippen LogP contribution in [0, 0.1) is 0 Å². The molecule has 0 bridgehead atoms. The lowest BCUT2D eigenvalue weighted by molar-refractivity contribution is -0.142. The summed E-state index contributed by atoms with van der Waals surface area (Å²) in [6.07, 6.45) is -4.40. The molecular formula is C7H9F3O3. The van der Waals surface area contributed by atoms with Crippen molar-refractivity contribution < 1.29 is 27.4 Å². The number of carbonyl (C=O) groups excluding carboxylic acids is 1. The minimum atomic E-state index is -4.67. The zero-order valence-electron chi connectivity index (χ0n) is 7.14. The molecule has 0 spiro atoms. The molecule has 0 aromatic heterocycles. The predicted molar refractivity (Wildman–Crippen MR) is 37.8 cm³/mol. The average Bonchev–Trinajstić information content (AvgIpc) is 1.98. The molecule has 0 aromatic carbocycles. The quantitative estimate of drug-likeness (QED) is 0.393. The summed E-state index contributed by atoms with van der Waals surface area (Å²) in [5.41, 5.74) is 0. The maximum atomic E-state index is 11.9. The molecule has 0 rings (SSSR count). The van der Waals surface area contributed by atoms with Gasteiger partial charge in [-0.15, -0.1) is 0 Å². The van der Waals surface area contributed by atoms with Crippen molar-refractivity contribution >= 4 is 5.97 Å². The molecule has 3 nitrogen and oxygen atoms in total.